The first-order valence-electron chi connectivity index (χ1n) is 11.1. The number of rotatable bonds is 8. The molecule has 2 aliphatic heterocycles. The highest BCUT2D eigenvalue weighted by Gasteiger charge is 2.30. The Kier molecular flexibility index (Phi) is 7.54. The third-order valence-electron chi connectivity index (χ3n) is 5.65. The lowest BCUT2D eigenvalue weighted by Gasteiger charge is -2.30. The number of thioether (sulfide) groups is 1. The molecule has 3 heterocycles. The van der Waals surface area contributed by atoms with Crippen LogP contribution in [0.4, 0.5) is 0 Å². The van der Waals surface area contributed by atoms with Crippen molar-refractivity contribution < 1.29 is 23.8 Å². The Morgan fingerprint density at radius 3 is 2.73 bits per heavy atom. The molecule has 0 spiro atoms. The quantitative estimate of drug-likeness (QED) is 0.329. The fourth-order valence-corrected chi connectivity index (χ4v) is 4.79. The normalized spacial score (nSPS) is 18.1. The number of hydrogen-bond acceptors (Lipinski definition) is 8. The van der Waals surface area contributed by atoms with Gasteiger partial charge in [-0.1, -0.05) is 30.0 Å². The monoisotopic (exact) mass is 472 g/mol. The van der Waals surface area contributed by atoms with E-state index in [0.717, 1.165) is 0 Å². The van der Waals surface area contributed by atoms with Crippen molar-refractivity contribution >= 4 is 23.6 Å². The second kappa shape index (κ2) is 10.7. The van der Waals surface area contributed by atoms with Crippen LogP contribution in [0.1, 0.15) is 31.7 Å². The van der Waals surface area contributed by atoms with E-state index in [2.05, 4.69) is 16.8 Å². The van der Waals surface area contributed by atoms with Crippen LogP contribution in [-0.4, -0.2) is 63.6 Å². The molecule has 1 unspecified atom stereocenters. The zero-order chi connectivity index (χ0) is 23.2. The summed E-state index contributed by atoms with van der Waals surface area (Å²) in [5.41, 5.74) is 0. The highest BCUT2D eigenvalue weighted by atomic mass is 32.2. The summed E-state index contributed by atoms with van der Waals surface area (Å²) in [6, 6.07) is 7.51. The summed E-state index contributed by atoms with van der Waals surface area (Å²) in [7, 11) is 0. The molecule has 0 radical (unpaired) electrons. The van der Waals surface area contributed by atoms with Crippen LogP contribution < -0.4 is 9.47 Å². The molecule has 1 fully saturated rings. The molecule has 2 aliphatic rings. The van der Waals surface area contributed by atoms with E-state index < -0.39 is 6.10 Å². The number of ether oxygens (including phenoxy) is 3. The Balaban J connectivity index is 1.36. The first kappa shape index (κ1) is 23.2. The van der Waals surface area contributed by atoms with Gasteiger partial charge in [0.15, 0.2) is 28.6 Å². The smallest absolute Gasteiger partial charge is 0.309 e. The number of nitrogens with zero attached hydrogens (tertiary/aromatic N) is 4. The van der Waals surface area contributed by atoms with E-state index in [1.54, 1.807) is 17.9 Å². The zero-order valence-electron chi connectivity index (χ0n) is 18.6. The third kappa shape index (κ3) is 5.32. The second-order valence-electron chi connectivity index (χ2n) is 7.80. The van der Waals surface area contributed by atoms with Crippen LogP contribution in [0.15, 0.2) is 42.1 Å². The van der Waals surface area contributed by atoms with Crippen molar-refractivity contribution in [2.75, 3.05) is 32.1 Å². The Morgan fingerprint density at radius 1 is 1.24 bits per heavy atom. The number of piperidine rings is 1. The highest BCUT2D eigenvalue weighted by Crippen LogP contribution is 2.36. The van der Waals surface area contributed by atoms with Gasteiger partial charge in [-0.2, -0.15) is 0 Å². The lowest BCUT2D eigenvalue weighted by atomic mass is 9.97. The van der Waals surface area contributed by atoms with Gasteiger partial charge in [-0.3, -0.25) is 14.2 Å². The average molecular weight is 473 g/mol. The maximum Gasteiger partial charge on any atom is 0.309 e. The van der Waals surface area contributed by atoms with Crippen LogP contribution in [0.5, 0.6) is 11.5 Å². The van der Waals surface area contributed by atoms with Gasteiger partial charge in [0.25, 0.3) is 0 Å². The molecule has 1 saturated heterocycles. The van der Waals surface area contributed by atoms with Gasteiger partial charge >= 0.3 is 5.97 Å². The molecule has 4 rings (SSSR count). The van der Waals surface area contributed by atoms with Crippen molar-refractivity contribution in [2.24, 2.45) is 5.92 Å². The van der Waals surface area contributed by atoms with E-state index in [1.165, 1.54) is 11.8 Å². The molecule has 176 valence electrons. The number of likely N-dealkylation sites (tertiary alicyclic amines) is 1. The van der Waals surface area contributed by atoms with Gasteiger partial charge in [0.05, 0.1) is 18.3 Å². The molecule has 1 aromatic heterocycles. The number of para-hydroxylation sites is 2. The summed E-state index contributed by atoms with van der Waals surface area (Å²) in [6.07, 6.45) is 2.62. The minimum atomic E-state index is -0.403. The molecule has 2 aromatic rings. The molecule has 1 amide bonds. The van der Waals surface area contributed by atoms with E-state index in [0.29, 0.717) is 68.2 Å². The minimum Gasteiger partial charge on any atom is -0.485 e. The number of carbonyl (C=O) groups excluding carboxylic acids is 2. The summed E-state index contributed by atoms with van der Waals surface area (Å²) in [6.45, 7) is 7.94. The fourth-order valence-electron chi connectivity index (χ4n) is 3.93. The van der Waals surface area contributed by atoms with E-state index in [4.69, 9.17) is 14.2 Å². The first-order chi connectivity index (χ1) is 16.1. The summed E-state index contributed by atoms with van der Waals surface area (Å²) in [5.74, 6) is 1.97. The molecule has 1 atom stereocenters. The minimum absolute atomic E-state index is 0.0168. The molecular formula is C23H28N4O5S. The number of fused-ring (bicyclic) bond motifs is 1. The number of amides is 1. The van der Waals surface area contributed by atoms with Crippen molar-refractivity contribution in [3.63, 3.8) is 0 Å². The molecule has 0 aliphatic carbocycles. The summed E-state index contributed by atoms with van der Waals surface area (Å²) in [5, 5.41) is 9.26. The van der Waals surface area contributed by atoms with Gasteiger partial charge in [0.1, 0.15) is 6.61 Å². The molecule has 33 heavy (non-hydrogen) atoms. The van der Waals surface area contributed by atoms with Crippen LogP contribution in [0.25, 0.3) is 0 Å². The second-order valence-corrected chi connectivity index (χ2v) is 8.74. The Hall–Kier alpha value is -3.01. The van der Waals surface area contributed by atoms with Crippen LogP contribution in [-0.2, 0) is 20.9 Å². The third-order valence-corrected chi connectivity index (χ3v) is 6.60. The summed E-state index contributed by atoms with van der Waals surface area (Å²) >= 11 is 1.34. The Morgan fingerprint density at radius 2 is 2.00 bits per heavy atom. The standard InChI is InChI=1S/C23H28N4O5S/c1-3-11-27-21(19-14-31-17-7-5-6-8-18(17)32-19)24-25-23(27)33-15-20(28)26-12-9-16(10-13-26)22(29)30-4-2/h3,5-8,16,19H,1,4,9-15H2,2H3. The predicted molar refractivity (Wildman–Crippen MR) is 122 cm³/mol. The Labute approximate surface area is 197 Å². The van der Waals surface area contributed by atoms with Gasteiger partial charge in [0, 0.05) is 19.6 Å². The number of allylic oxidation sites excluding steroid dienone is 1. The van der Waals surface area contributed by atoms with E-state index in [-0.39, 0.29) is 23.5 Å². The number of benzene rings is 1. The lowest BCUT2D eigenvalue weighted by molar-refractivity contribution is -0.151. The van der Waals surface area contributed by atoms with Crippen molar-refractivity contribution in [1.29, 1.82) is 0 Å². The Bertz CT molecular complexity index is 1000. The van der Waals surface area contributed by atoms with Crippen molar-refractivity contribution in [3.8, 4) is 11.5 Å². The van der Waals surface area contributed by atoms with E-state index >= 15 is 0 Å². The predicted octanol–water partition coefficient (Wildman–Crippen LogP) is 2.87. The molecule has 0 saturated carbocycles. The number of esters is 1. The van der Waals surface area contributed by atoms with E-state index in [1.807, 2.05) is 28.8 Å². The molecular weight excluding hydrogens is 444 g/mol. The van der Waals surface area contributed by atoms with Gasteiger partial charge in [-0.05, 0) is 31.9 Å². The molecule has 1 aromatic carbocycles. The largest absolute Gasteiger partial charge is 0.485 e. The maximum atomic E-state index is 12.8. The molecule has 0 N–H and O–H groups in total. The van der Waals surface area contributed by atoms with Crippen molar-refractivity contribution in [1.82, 2.24) is 19.7 Å². The average Bonchev–Trinajstić information content (AvgIpc) is 3.25. The summed E-state index contributed by atoms with van der Waals surface area (Å²) in [4.78, 5) is 26.5. The zero-order valence-corrected chi connectivity index (χ0v) is 19.5. The van der Waals surface area contributed by atoms with Crippen LogP contribution in [0.3, 0.4) is 0 Å². The topological polar surface area (TPSA) is 95.8 Å². The fraction of sp³-hybridized carbons (Fsp3) is 0.478. The van der Waals surface area contributed by atoms with Gasteiger partial charge < -0.3 is 19.1 Å². The van der Waals surface area contributed by atoms with Gasteiger partial charge in [-0.25, -0.2) is 0 Å². The SMILES string of the molecule is C=CCn1c(SCC(=O)N2CCC(C(=O)OCC)CC2)nnc1C1COc2ccccc2O1. The van der Waals surface area contributed by atoms with Gasteiger partial charge in [0.2, 0.25) is 5.91 Å². The van der Waals surface area contributed by atoms with Crippen LogP contribution in [0.2, 0.25) is 0 Å². The summed E-state index contributed by atoms with van der Waals surface area (Å²) < 4.78 is 18.9. The molecule has 9 nitrogen and oxygen atoms in total. The molecule has 10 heteroatoms. The highest BCUT2D eigenvalue weighted by molar-refractivity contribution is 7.99. The van der Waals surface area contributed by atoms with Crippen LogP contribution >= 0.6 is 11.8 Å². The first-order valence-corrected chi connectivity index (χ1v) is 12.1. The van der Waals surface area contributed by atoms with Crippen molar-refractivity contribution in [2.45, 2.75) is 37.6 Å². The number of carbonyl (C=O) groups is 2. The van der Waals surface area contributed by atoms with E-state index in [9.17, 15) is 9.59 Å². The molecule has 0 bridgehead atoms. The van der Waals surface area contributed by atoms with Crippen LogP contribution in [0, 0.1) is 5.92 Å². The lowest BCUT2D eigenvalue weighted by Crippen LogP contribution is -2.41. The van der Waals surface area contributed by atoms with Crippen molar-refractivity contribution in [3.05, 3.63) is 42.7 Å². The number of hydrogen-bond donors (Lipinski definition) is 0. The number of aromatic nitrogens is 3. The maximum absolute atomic E-state index is 12.8. The van der Waals surface area contributed by atoms with Gasteiger partial charge in [-0.15, -0.1) is 16.8 Å².